The van der Waals surface area contributed by atoms with Gasteiger partial charge in [0.1, 0.15) is 11.5 Å². The zero-order valence-corrected chi connectivity index (χ0v) is 35.2. The van der Waals surface area contributed by atoms with Crippen LogP contribution in [0, 0.1) is 27.7 Å². The lowest BCUT2D eigenvalue weighted by Gasteiger charge is -2.40. The van der Waals surface area contributed by atoms with Gasteiger partial charge in [-0.15, -0.1) is 0 Å². The number of rotatable bonds is 6. The van der Waals surface area contributed by atoms with Crippen molar-refractivity contribution >= 4 is 20.2 Å². The summed E-state index contributed by atoms with van der Waals surface area (Å²) < 4.78 is 12.8. The molecule has 0 aliphatic heterocycles. The average Bonchev–Trinajstić information content (AvgIpc) is 3.52. The summed E-state index contributed by atoms with van der Waals surface area (Å²) in [5.41, 5.74) is 21.8. The lowest BCUT2D eigenvalue weighted by Crippen LogP contribution is -2.42. The molecule has 0 aromatic heterocycles. The van der Waals surface area contributed by atoms with Crippen molar-refractivity contribution in [1.82, 2.24) is 0 Å². The summed E-state index contributed by atoms with van der Waals surface area (Å²) in [6, 6.07) is 18.9. The van der Waals surface area contributed by atoms with Crippen molar-refractivity contribution in [2.24, 2.45) is 0 Å². The zero-order chi connectivity index (χ0) is 37.5. The zero-order valence-electron chi connectivity index (χ0n) is 34.2. The molecule has 3 heteroatoms. The monoisotopic (exact) mass is 696 g/mol. The Bertz CT molecular complexity index is 1930. The van der Waals surface area contributed by atoms with Gasteiger partial charge in [-0.1, -0.05) is 149 Å². The highest BCUT2D eigenvalue weighted by molar-refractivity contribution is 6.81. The van der Waals surface area contributed by atoms with E-state index < -0.39 is 8.07 Å². The largest absolute Gasteiger partial charge is 0.496 e. The van der Waals surface area contributed by atoms with E-state index in [0.29, 0.717) is 11.1 Å². The highest BCUT2D eigenvalue weighted by atomic mass is 28.3. The first kappa shape index (κ1) is 37.0. The number of fused-ring (bicyclic) bond motifs is 2. The average molecular weight is 697 g/mol. The van der Waals surface area contributed by atoms with E-state index in [-0.39, 0.29) is 10.8 Å². The molecule has 4 aromatic rings. The van der Waals surface area contributed by atoms with E-state index in [1.54, 1.807) is 0 Å². The SMILES string of the molecule is COc1c(C(C)(C)C)cc2c(c1-c1cc(C)cc(C)c1)C=C(C)C2[Si](C)(C)C1C(C)=Cc2c1cc(C(C)(C)C)c(OC)c2-c1cc(C)cc(C)c1. The second-order valence-corrected chi connectivity index (χ2v) is 23.2. The van der Waals surface area contributed by atoms with Crippen LogP contribution < -0.4 is 9.47 Å². The Kier molecular flexibility index (Phi) is 9.19. The van der Waals surface area contributed by atoms with E-state index in [2.05, 4.69) is 157 Å². The fraction of sp³-hybridized carbons (Fsp3) is 0.417. The van der Waals surface area contributed by atoms with Crippen molar-refractivity contribution in [3.63, 3.8) is 0 Å². The molecule has 6 rings (SSSR count). The maximum Gasteiger partial charge on any atom is 0.131 e. The predicted octanol–water partition coefficient (Wildman–Crippen LogP) is 13.4. The van der Waals surface area contributed by atoms with Crippen molar-refractivity contribution in [3.05, 3.63) is 115 Å². The third-order valence-corrected chi connectivity index (χ3v) is 16.0. The molecule has 2 unspecified atom stereocenters. The summed E-state index contributed by atoms with van der Waals surface area (Å²) in [4.78, 5) is 0. The Balaban J connectivity index is 1.63. The van der Waals surface area contributed by atoms with Crippen LogP contribution in [0.25, 0.3) is 34.4 Å². The van der Waals surface area contributed by atoms with Crippen LogP contribution in [0.2, 0.25) is 13.1 Å². The second-order valence-electron chi connectivity index (χ2n) is 18.4. The number of benzene rings is 4. The Labute approximate surface area is 310 Å². The Morgan fingerprint density at radius 1 is 0.490 bits per heavy atom. The van der Waals surface area contributed by atoms with Gasteiger partial charge in [0, 0.05) is 33.3 Å². The maximum absolute atomic E-state index is 6.38. The van der Waals surface area contributed by atoms with E-state index in [9.17, 15) is 0 Å². The molecule has 0 fully saturated rings. The molecule has 0 saturated carbocycles. The molecule has 0 radical (unpaired) electrons. The molecular formula is C48H60O2Si. The van der Waals surface area contributed by atoms with Gasteiger partial charge in [-0.25, -0.2) is 0 Å². The summed E-state index contributed by atoms with van der Waals surface area (Å²) in [5, 5.41) is 0. The fourth-order valence-electron chi connectivity index (χ4n) is 9.79. The quantitative estimate of drug-likeness (QED) is 0.187. The molecule has 4 aromatic carbocycles. The van der Waals surface area contributed by atoms with Crippen LogP contribution in [-0.4, -0.2) is 22.3 Å². The summed E-state index contributed by atoms with van der Waals surface area (Å²) in [5.74, 6) is 2.02. The third-order valence-electron chi connectivity index (χ3n) is 11.5. The minimum Gasteiger partial charge on any atom is -0.496 e. The number of allylic oxidation sites excluding steroid dienone is 2. The molecule has 0 spiro atoms. The molecule has 0 saturated heterocycles. The van der Waals surface area contributed by atoms with Crippen LogP contribution in [0.1, 0.15) is 122 Å². The normalized spacial score (nSPS) is 17.3. The minimum atomic E-state index is -2.19. The van der Waals surface area contributed by atoms with Crippen LogP contribution >= 0.6 is 0 Å². The van der Waals surface area contributed by atoms with Crippen LogP contribution in [0.3, 0.4) is 0 Å². The van der Waals surface area contributed by atoms with Crippen molar-refractivity contribution < 1.29 is 9.47 Å². The van der Waals surface area contributed by atoms with Crippen molar-refractivity contribution in [2.45, 2.75) is 118 Å². The lowest BCUT2D eigenvalue weighted by molar-refractivity contribution is 0.399. The topological polar surface area (TPSA) is 18.5 Å². The van der Waals surface area contributed by atoms with Crippen LogP contribution in [0.15, 0.2) is 59.7 Å². The number of hydrogen-bond acceptors (Lipinski definition) is 2. The number of aryl methyl sites for hydroxylation is 4. The predicted molar refractivity (Wildman–Crippen MR) is 223 cm³/mol. The first-order valence-corrected chi connectivity index (χ1v) is 21.9. The third kappa shape index (κ3) is 6.24. The fourth-order valence-corrected chi connectivity index (χ4v) is 14.7. The summed E-state index contributed by atoms with van der Waals surface area (Å²) in [6.07, 6.45) is 5.00. The molecule has 268 valence electrons. The molecule has 51 heavy (non-hydrogen) atoms. The van der Waals surface area contributed by atoms with Gasteiger partial charge in [0.05, 0.1) is 22.3 Å². The van der Waals surface area contributed by atoms with Gasteiger partial charge in [0.2, 0.25) is 0 Å². The van der Waals surface area contributed by atoms with Gasteiger partial charge in [0.15, 0.2) is 0 Å². The maximum atomic E-state index is 6.38. The molecular weight excluding hydrogens is 637 g/mol. The molecule has 0 bridgehead atoms. The smallest absolute Gasteiger partial charge is 0.131 e. The molecule has 0 heterocycles. The Morgan fingerprint density at radius 3 is 1.08 bits per heavy atom. The molecule has 0 N–H and O–H groups in total. The number of methoxy groups -OCH3 is 2. The van der Waals surface area contributed by atoms with Gasteiger partial charge < -0.3 is 9.47 Å². The first-order valence-electron chi connectivity index (χ1n) is 18.7. The van der Waals surface area contributed by atoms with Crippen LogP contribution in [0.4, 0.5) is 0 Å². The summed E-state index contributed by atoms with van der Waals surface area (Å²) >= 11 is 0. The number of ether oxygens (including phenoxy) is 2. The number of hydrogen-bond donors (Lipinski definition) is 0. The van der Waals surface area contributed by atoms with Gasteiger partial charge in [-0.05, 0) is 85.8 Å². The highest BCUT2D eigenvalue weighted by Gasteiger charge is 2.49. The molecule has 2 atom stereocenters. The molecule has 0 amide bonds. The van der Waals surface area contributed by atoms with E-state index in [1.807, 2.05) is 14.2 Å². The summed E-state index contributed by atoms with van der Waals surface area (Å²) in [7, 11) is 1.51. The Morgan fingerprint density at radius 2 is 0.804 bits per heavy atom. The second kappa shape index (κ2) is 12.7. The van der Waals surface area contributed by atoms with E-state index in [0.717, 1.165) is 11.5 Å². The summed E-state index contributed by atoms with van der Waals surface area (Å²) in [6.45, 7) is 32.8. The molecule has 2 nitrogen and oxygen atoms in total. The van der Waals surface area contributed by atoms with E-state index in [4.69, 9.17) is 9.47 Å². The minimum absolute atomic E-state index is 0.0878. The van der Waals surface area contributed by atoms with E-state index in [1.165, 1.54) is 89.0 Å². The van der Waals surface area contributed by atoms with Crippen molar-refractivity contribution in [2.75, 3.05) is 14.2 Å². The molecule has 2 aliphatic carbocycles. The van der Waals surface area contributed by atoms with Gasteiger partial charge in [0.25, 0.3) is 0 Å². The molecule has 2 aliphatic rings. The first-order chi connectivity index (χ1) is 23.7. The van der Waals surface area contributed by atoms with Crippen LogP contribution in [0.5, 0.6) is 11.5 Å². The standard InChI is InChI=1S/C48H60O2Si/c1-27-17-28(2)20-33(19-27)41-35-23-31(5)45(37(35)25-39(43(41)49-13)47(7,8)9)51(15,16)46-32(6)24-36-38(46)26-40(48(10,11)12)44(50-14)42(36)34-21-29(3)18-30(4)22-34/h17-26,45-46H,1-16H3. The van der Waals surface area contributed by atoms with Gasteiger partial charge in [-0.2, -0.15) is 0 Å². The van der Waals surface area contributed by atoms with Gasteiger partial charge in [-0.3, -0.25) is 0 Å². The lowest BCUT2D eigenvalue weighted by atomic mass is 9.81. The van der Waals surface area contributed by atoms with Crippen LogP contribution in [-0.2, 0) is 10.8 Å². The highest BCUT2D eigenvalue weighted by Crippen LogP contribution is 2.58. The Hall–Kier alpha value is -3.82. The van der Waals surface area contributed by atoms with Crippen molar-refractivity contribution in [3.8, 4) is 33.8 Å². The van der Waals surface area contributed by atoms with E-state index >= 15 is 0 Å². The van der Waals surface area contributed by atoms with Crippen molar-refractivity contribution in [1.29, 1.82) is 0 Å². The van der Waals surface area contributed by atoms with Gasteiger partial charge >= 0.3 is 0 Å².